The van der Waals surface area contributed by atoms with Crippen LogP contribution in [0.15, 0.2) is 34.9 Å². The Hall–Kier alpha value is -1.52. The van der Waals surface area contributed by atoms with Crippen LogP contribution >= 0.6 is 11.6 Å². The first-order valence-electron chi connectivity index (χ1n) is 5.43. The summed E-state index contributed by atoms with van der Waals surface area (Å²) in [5, 5.41) is 0.241. The lowest BCUT2D eigenvalue weighted by Gasteiger charge is -2.12. The van der Waals surface area contributed by atoms with E-state index < -0.39 is 11.9 Å². The van der Waals surface area contributed by atoms with Gasteiger partial charge in [0.2, 0.25) is 0 Å². The highest BCUT2D eigenvalue weighted by atomic mass is 35.5. The van der Waals surface area contributed by atoms with Crippen LogP contribution in [0.5, 0.6) is 5.75 Å². The van der Waals surface area contributed by atoms with Crippen molar-refractivity contribution in [3.63, 3.8) is 0 Å². The van der Waals surface area contributed by atoms with Crippen LogP contribution in [-0.4, -0.2) is 7.11 Å². The lowest BCUT2D eigenvalue weighted by Crippen LogP contribution is -2.14. The number of methoxy groups -OCH3 is 1. The van der Waals surface area contributed by atoms with Crippen molar-refractivity contribution in [1.29, 1.82) is 0 Å². The third-order valence-electron chi connectivity index (χ3n) is 2.75. The minimum absolute atomic E-state index is 0.206. The van der Waals surface area contributed by atoms with Gasteiger partial charge in [0, 0.05) is 11.6 Å². The first-order valence-corrected chi connectivity index (χ1v) is 5.81. The van der Waals surface area contributed by atoms with Crippen LogP contribution in [0, 0.1) is 5.82 Å². The largest absolute Gasteiger partial charge is 0.494 e. The third kappa shape index (κ3) is 2.49. The molecule has 1 unspecified atom stereocenters. The zero-order valence-corrected chi connectivity index (χ0v) is 10.6. The number of furan rings is 1. The van der Waals surface area contributed by atoms with E-state index in [2.05, 4.69) is 0 Å². The molecule has 2 N–H and O–H groups in total. The topological polar surface area (TPSA) is 48.4 Å². The smallest absolute Gasteiger partial charge is 0.197 e. The van der Waals surface area contributed by atoms with E-state index in [1.54, 1.807) is 24.3 Å². The van der Waals surface area contributed by atoms with Crippen LogP contribution in [0.4, 0.5) is 4.39 Å². The van der Waals surface area contributed by atoms with Gasteiger partial charge in [-0.25, -0.2) is 4.39 Å². The highest BCUT2D eigenvalue weighted by molar-refractivity contribution is 6.29. The Morgan fingerprint density at radius 2 is 2.22 bits per heavy atom. The fraction of sp³-hybridized carbons (Fsp3) is 0.231. The van der Waals surface area contributed by atoms with Gasteiger partial charge in [-0.2, -0.15) is 0 Å². The van der Waals surface area contributed by atoms with Crippen molar-refractivity contribution >= 4 is 11.6 Å². The fourth-order valence-corrected chi connectivity index (χ4v) is 2.04. The third-order valence-corrected chi connectivity index (χ3v) is 3.06. The molecule has 0 radical (unpaired) electrons. The van der Waals surface area contributed by atoms with E-state index in [-0.39, 0.29) is 11.0 Å². The van der Waals surface area contributed by atoms with Gasteiger partial charge in [0.1, 0.15) is 0 Å². The minimum atomic E-state index is -0.419. The SMILES string of the molecule is COc1cccc(CC(N)c2ccoc2Cl)c1F. The quantitative estimate of drug-likeness (QED) is 0.926. The molecule has 0 bridgehead atoms. The summed E-state index contributed by atoms with van der Waals surface area (Å²) in [5.74, 6) is -0.187. The molecule has 2 aromatic rings. The van der Waals surface area contributed by atoms with Crippen molar-refractivity contribution in [2.45, 2.75) is 12.5 Å². The van der Waals surface area contributed by atoms with Crippen molar-refractivity contribution in [2.24, 2.45) is 5.73 Å². The number of halogens is 2. The van der Waals surface area contributed by atoms with Crippen LogP contribution in [-0.2, 0) is 6.42 Å². The Morgan fingerprint density at radius 3 is 2.83 bits per heavy atom. The van der Waals surface area contributed by atoms with Crippen LogP contribution in [0.25, 0.3) is 0 Å². The number of hydrogen-bond acceptors (Lipinski definition) is 3. The average Bonchev–Trinajstić information content (AvgIpc) is 2.78. The van der Waals surface area contributed by atoms with Gasteiger partial charge < -0.3 is 14.9 Å². The lowest BCUT2D eigenvalue weighted by molar-refractivity contribution is 0.383. The van der Waals surface area contributed by atoms with Crippen LogP contribution < -0.4 is 10.5 Å². The second-order valence-corrected chi connectivity index (χ2v) is 4.24. The lowest BCUT2D eigenvalue weighted by atomic mass is 10.0. The molecule has 5 heteroatoms. The molecule has 2 rings (SSSR count). The molecule has 0 aliphatic carbocycles. The second-order valence-electron chi connectivity index (χ2n) is 3.89. The first kappa shape index (κ1) is 12.9. The number of hydrogen-bond donors (Lipinski definition) is 1. The average molecular weight is 270 g/mol. The van der Waals surface area contributed by atoms with Crippen LogP contribution in [0.2, 0.25) is 5.22 Å². The summed E-state index contributed by atoms with van der Waals surface area (Å²) in [4.78, 5) is 0. The van der Waals surface area contributed by atoms with E-state index in [9.17, 15) is 4.39 Å². The van der Waals surface area contributed by atoms with E-state index in [0.29, 0.717) is 17.5 Å². The van der Waals surface area contributed by atoms with E-state index in [1.165, 1.54) is 13.4 Å². The molecule has 0 saturated carbocycles. The van der Waals surface area contributed by atoms with Gasteiger partial charge in [-0.15, -0.1) is 0 Å². The van der Waals surface area contributed by atoms with Crippen molar-refractivity contribution < 1.29 is 13.5 Å². The molecule has 1 aromatic carbocycles. The molecule has 1 aromatic heterocycles. The van der Waals surface area contributed by atoms with Gasteiger partial charge in [0.15, 0.2) is 16.8 Å². The summed E-state index contributed by atoms with van der Waals surface area (Å²) in [5.41, 5.74) is 7.13. The number of rotatable bonds is 4. The van der Waals surface area contributed by atoms with Crippen LogP contribution in [0.1, 0.15) is 17.2 Å². The number of benzene rings is 1. The Labute approximate surface area is 109 Å². The van der Waals surface area contributed by atoms with Gasteiger partial charge in [0.05, 0.1) is 13.4 Å². The minimum Gasteiger partial charge on any atom is -0.494 e. The summed E-state index contributed by atoms with van der Waals surface area (Å²) in [6.45, 7) is 0. The molecule has 18 heavy (non-hydrogen) atoms. The molecular weight excluding hydrogens is 257 g/mol. The fourth-order valence-electron chi connectivity index (χ4n) is 1.79. The zero-order valence-electron chi connectivity index (χ0n) is 9.82. The zero-order chi connectivity index (χ0) is 13.1. The Bertz CT molecular complexity index is 542. The normalized spacial score (nSPS) is 12.4. The molecule has 0 aliphatic heterocycles. The molecule has 0 fully saturated rings. The predicted octanol–water partition coefficient (Wildman–Crippen LogP) is 3.32. The van der Waals surface area contributed by atoms with Gasteiger partial charge in [-0.1, -0.05) is 12.1 Å². The van der Waals surface area contributed by atoms with Crippen molar-refractivity contribution in [3.8, 4) is 5.75 Å². The molecule has 0 amide bonds. The Morgan fingerprint density at radius 1 is 1.44 bits per heavy atom. The first-order chi connectivity index (χ1) is 8.63. The molecule has 1 heterocycles. The van der Waals surface area contributed by atoms with E-state index >= 15 is 0 Å². The van der Waals surface area contributed by atoms with Crippen molar-refractivity contribution in [3.05, 3.63) is 52.7 Å². The van der Waals surface area contributed by atoms with E-state index in [1.807, 2.05) is 0 Å². The maximum absolute atomic E-state index is 13.9. The van der Waals surface area contributed by atoms with Gasteiger partial charge in [0.25, 0.3) is 0 Å². The highest BCUT2D eigenvalue weighted by Gasteiger charge is 2.16. The molecule has 0 spiro atoms. The summed E-state index contributed by atoms with van der Waals surface area (Å²) in [6, 6.07) is 6.23. The highest BCUT2D eigenvalue weighted by Crippen LogP contribution is 2.27. The molecule has 96 valence electrons. The van der Waals surface area contributed by atoms with Crippen LogP contribution in [0.3, 0.4) is 0 Å². The van der Waals surface area contributed by atoms with Gasteiger partial charge >= 0.3 is 0 Å². The molecule has 0 aliphatic rings. The number of nitrogens with two attached hydrogens (primary N) is 1. The maximum atomic E-state index is 13.9. The van der Waals surface area contributed by atoms with Crippen molar-refractivity contribution in [1.82, 2.24) is 0 Å². The number of ether oxygens (including phenoxy) is 1. The Kier molecular flexibility index (Phi) is 3.89. The standard InChI is InChI=1S/C13H13ClFNO2/c1-17-11-4-2-3-8(12(11)15)7-10(16)9-5-6-18-13(9)14/h2-6,10H,7,16H2,1H3. The van der Waals surface area contributed by atoms with Gasteiger partial charge in [-0.05, 0) is 35.7 Å². The molecular formula is C13H13ClFNO2. The summed E-state index contributed by atoms with van der Waals surface area (Å²) in [6.07, 6.45) is 1.78. The molecule has 1 atom stereocenters. The summed E-state index contributed by atoms with van der Waals surface area (Å²) < 4.78 is 23.8. The summed E-state index contributed by atoms with van der Waals surface area (Å²) >= 11 is 5.83. The van der Waals surface area contributed by atoms with Crippen molar-refractivity contribution in [2.75, 3.05) is 7.11 Å². The molecule has 3 nitrogen and oxygen atoms in total. The van der Waals surface area contributed by atoms with Gasteiger partial charge in [-0.3, -0.25) is 0 Å². The molecule has 0 saturated heterocycles. The Balaban J connectivity index is 2.22. The monoisotopic (exact) mass is 269 g/mol. The summed E-state index contributed by atoms with van der Waals surface area (Å²) in [7, 11) is 1.43. The maximum Gasteiger partial charge on any atom is 0.197 e. The second kappa shape index (κ2) is 5.42. The van der Waals surface area contributed by atoms with E-state index in [4.69, 9.17) is 26.5 Å². The predicted molar refractivity (Wildman–Crippen MR) is 67.3 cm³/mol. The van der Waals surface area contributed by atoms with E-state index in [0.717, 1.165) is 0 Å².